The molecule has 4 rings (SSSR count). The second-order valence-corrected chi connectivity index (χ2v) is 9.44. The molecule has 7 heteroatoms. The van der Waals surface area contributed by atoms with Gasteiger partial charge in [0.15, 0.2) is 6.61 Å². The van der Waals surface area contributed by atoms with Gasteiger partial charge in [0.2, 0.25) is 0 Å². The summed E-state index contributed by atoms with van der Waals surface area (Å²) in [7, 11) is 0. The summed E-state index contributed by atoms with van der Waals surface area (Å²) in [5, 5.41) is 2.55. The van der Waals surface area contributed by atoms with Gasteiger partial charge in [-0.1, -0.05) is 65.7 Å². The molecular formula is C28H26N2O4S. The predicted octanol–water partition coefficient (Wildman–Crippen LogP) is 5.87. The highest BCUT2D eigenvalue weighted by atomic mass is 32.2. The fourth-order valence-corrected chi connectivity index (χ4v) is 4.61. The van der Waals surface area contributed by atoms with Gasteiger partial charge < -0.3 is 10.1 Å². The SMILES string of the molecule is Cc1cccc(CN2C(=O)S/C(=C\c3ccccc3OCC(=O)Nc3ccc(C)cc3C)C2=O)c1. The van der Waals surface area contributed by atoms with E-state index in [0.717, 1.165) is 39.7 Å². The summed E-state index contributed by atoms with van der Waals surface area (Å²) >= 11 is 0.901. The Morgan fingerprint density at radius 3 is 2.51 bits per heavy atom. The van der Waals surface area contributed by atoms with Crippen LogP contribution in [-0.4, -0.2) is 28.6 Å². The van der Waals surface area contributed by atoms with E-state index >= 15 is 0 Å². The summed E-state index contributed by atoms with van der Waals surface area (Å²) in [4.78, 5) is 39.5. The molecule has 6 nitrogen and oxygen atoms in total. The van der Waals surface area contributed by atoms with Gasteiger partial charge in [-0.05, 0) is 61.9 Å². The Morgan fingerprint density at radius 2 is 1.74 bits per heavy atom. The number of aryl methyl sites for hydroxylation is 3. The molecule has 0 aliphatic carbocycles. The molecule has 1 aliphatic heterocycles. The molecular weight excluding hydrogens is 460 g/mol. The molecule has 0 bridgehead atoms. The molecule has 1 N–H and O–H groups in total. The zero-order valence-electron chi connectivity index (χ0n) is 19.8. The third kappa shape index (κ3) is 6.00. The maximum Gasteiger partial charge on any atom is 0.293 e. The van der Waals surface area contributed by atoms with E-state index in [-0.39, 0.29) is 30.2 Å². The van der Waals surface area contributed by atoms with Gasteiger partial charge >= 0.3 is 0 Å². The number of carbonyl (C=O) groups is 3. The van der Waals surface area contributed by atoms with Crippen LogP contribution in [0.25, 0.3) is 6.08 Å². The minimum atomic E-state index is -0.344. The van der Waals surface area contributed by atoms with Gasteiger partial charge in [0.25, 0.3) is 17.1 Å². The van der Waals surface area contributed by atoms with Gasteiger partial charge in [-0.15, -0.1) is 0 Å². The van der Waals surface area contributed by atoms with Gasteiger partial charge in [-0.3, -0.25) is 19.3 Å². The number of hydrogen-bond donors (Lipinski definition) is 1. The smallest absolute Gasteiger partial charge is 0.293 e. The quantitative estimate of drug-likeness (QED) is 0.423. The van der Waals surface area contributed by atoms with Crippen molar-refractivity contribution in [1.82, 2.24) is 4.90 Å². The van der Waals surface area contributed by atoms with Crippen LogP contribution >= 0.6 is 11.8 Å². The Bertz CT molecular complexity index is 1330. The monoisotopic (exact) mass is 486 g/mol. The molecule has 0 saturated carbocycles. The van der Waals surface area contributed by atoms with E-state index in [1.54, 1.807) is 24.3 Å². The average molecular weight is 487 g/mol. The van der Waals surface area contributed by atoms with Gasteiger partial charge in [0.05, 0.1) is 11.4 Å². The van der Waals surface area contributed by atoms with Gasteiger partial charge in [0.1, 0.15) is 5.75 Å². The molecule has 3 aromatic carbocycles. The lowest BCUT2D eigenvalue weighted by atomic mass is 10.1. The second kappa shape index (κ2) is 10.6. The van der Waals surface area contributed by atoms with Crippen LogP contribution < -0.4 is 10.1 Å². The number of anilines is 1. The first kappa shape index (κ1) is 24.3. The van der Waals surface area contributed by atoms with E-state index in [1.807, 2.05) is 69.3 Å². The van der Waals surface area contributed by atoms with Crippen molar-refractivity contribution in [2.75, 3.05) is 11.9 Å². The third-order valence-corrected chi connectivity index (χ3v) is 6.42. The Kier molecular flexibility index (Phi) is 7.36. The number of ether oxygens (including phenoxy) is 1. The maximum atomic E-state index is 13.0. The van der Waals surface area contributed by atoms with E-state index in [9.17, 15) is 14.4 Å². The number of imide groups is 1. The first-order chi connectivity index (χ1) is 16.8. The number of carbonyl (C=O) groups excluding carboxylic acids is 3. The molecule has 3 aromatic rings. The highest BCUT2D eigenvalue weighted by Crippen LogP contribution is 2.35. The standard InChI is InChI=1S/C28H26N2O4S/c1-18-7-6-8-21(14-18)16-30-27(32)25(35-28(30)33)15-22-9-4-5-10-24(22)34-17-26(31)29-23-12-11-19(2)13-20(23)3/h4-15H,16-17H2,1-3H3,(H,29,31)/b25-15-. The maximum absolute atomic E-state index is 13.0. The molecule has 0 unspecified atom stereocenters. The fourth-order valence-electron chi connectivity index (χ4n) is 3.79. The third-order valence-electron chi connectivity index (χ3n) is 5.52. The lowest BCUT2D eigenvalue weighted by Gasteiger charge is -2.13. The van der Waals surface area contributed by atoms with E-state index in [1.165, 1.54) is 4.90 Å². The van der Waals surface area contributed by atoms with Crippen molar-refractivity contribution in [2.24, 2.45) is 0 Å². The predicted molar refractivity (Wildman–Crippen MR) is 139 cm³/mol. The van der Waals surface area contributed by atoms with Crippen LogP contribution in [0.5, 0.6) is 5.75 Å². The van der Waals surface area contributed by atoms with Crippen molar-refractivity contribution in [3.05, 3.63) is 99.5 Å². The Labute approximate surface area is 209 Å². The van der Waals surface area contributed by atoms with Crippen LogP contribution in [0.1, 0.15) is 27.8 Å². The average Bonchev–Trinajstić information content (AvgIpc) is 3.08. The van der Waals surface area contributed by atoms with E-state index < -0.39 is 0 Å². The minimum absolute atomic E-state index is 0.187. The van der Waals surface area contributed by atoms with Crippen molar-refractivity contribution in [3.8, 4) is 5.75 Å². The molecule has 0 aromatic heterocycles. The second-order valence-electron chi connectivity index (χ2n) is 8.45. The summed E-state index contributed by atoms with van der Waals surface area (Å²) in [5.74, 6) is -0.178. The van der Waals surface area contributed by atoms with Gasteiger partial charge in [-0.25, -0.2) is 0 Å². The number of benzene rings is 3. The highest BCUT2D eigenvalue weighted by molar-refractivity contribution is 8.18. The topological polar surface area (TPSA) is 75.7 Å². The number of nitrogens with zero attached hydrogens (tertiary/aromatic N) is 1. The van der Waals surface area contributed by atoms with E-state index in [4.69, 9.17) is 4.74 Å². The van der Waals surface area contributed by atoms with E-state index in [0.29, 0.717) is 16.2 Å². The van der Waals surface area contributed by atoms with Crippen molar-refractivity contribution >= 4 is 40.6 Å². The molecule has 178 valence electrons. The molecule has 1 fully saturated rings. The van der Waals surface area contributed by atoms with Crippen molar-refractivity contribution in [1.29, 1.82) is 0 Å². The van der Waals surface area contributed by atoms with Crippen molar-refractivity contribution in [2.45, 2.75) is 27.3 Å². The molecule has 1 heterocycles. The van der Waals surface area contributed by atoms with Crippen LogP contribution in [0.15, 0.2) is 71.6 Å². The van der Waals surface area contributed by atoms with Gasteiger partial charge in [0, 0.05) is 11.3 Å². The molecule has 35 heavy (non-hydrogen) atoms. The van der Waals surface area contributed by atoms with Crippen molar-refractivity contribution in [3.63, 3.8) is 0 Å². The molecule has 0 radical (unpaired) electrons. The number of nitrogens with one attached hydrogen (secondary N) is 1. The lowest BCUT2D eigenvalue weighted by Crippen LogP contribution is -2.27. The molecule has 0 spiro atoms. The van der Waals surface area contributed by atoms with Crippen LogP contribution in [-0.2, 0) is 16.1 Å². The normalized spacial score (nSPS) is 14.5. The summed E-state index contributed by atoms with van der Waals surface area (Å²) < 4.78 is 5.77. The van der Waals surface area contributed by atoms with Crippen LogP contribution in [0, 0.1) is 20.8 Å². The fraction of sp³-hybridized carbons (Fsp3) is 0.179. The first-order valence-electron chi connectivity index (χ1n) is 11.2. The highest BCUT2D eigenvalue weighted by Gasteiger charge is 2.35. The molecule has 0 atom stereocenters. The summed E-state index contributed by atoms with van der Waals surface area (Å²) in [6.45, 7) is 5.93. The number of amides is 3. The van der Waals surface area contributed by atoms with Crippen LogP contribution in [0.2, 0.25) is 0 Å². The van der Waals surface area contributed by atoms with Crippen LogP contribution in [0.4, 0.5) is 10.5 Å². The number of rotatable bonds is 7. The summed E-state index contributed by atoms with van der Waals surface area (Å²) in [5.41, 5.74) is 5.41. The molecule has 3 amide bonds. The first-order valence-corrected chi connectivity index (χ1v) is 12.0. The Balaban J connectivity index is 1.44. The number of hydrogen-bond acceptors (Lipinski definition) is 5. The van der Waals surface area contributed by atoms with Gasteiger partial charge in [-0.2, -0.15) is 0 Å². The van der Waals surface area contributed by atoms with Crippen LogP contribution in [0.3, 0.4) is 0 Å². The number of thioether (sulfide) groups is 1. The molecule has 1 aliphatic rings. The Hall–Kier alpha value is -3.84. The summed E-state index contributed by atoms with van der Waals surface area (Å²) in [6, 6.07) is 20.6. The lowest BCUT2D eigenvalue weighted by molar-refractivity contribution is -0.123. The zero-order chi connectivity index (χ0) is 24.9. The summed E-state index contributed by atoms with van der Waals surface area (Å²) in [6.07, 6.45) is 1.64. The Morgan fingerprint density at radius 1 is 0.971 bits per heavy atom. The zero-order valence-corrected chi connectivity index (χ0v) is 20.6. The molecule has 1 saturated heterocycles. The largest absolute Gasteiger partial charge is 0.483 e. The van der Waals surface area contributed by atoms with Crippen molar-refractivity contribution < 1.29 is 19.1 Å². The number of para-hydroxylation sites is 1. The minimum Gasteiger partial charge on any atom is -0.483 e. The van der Waals surface area contributed by atoms with E-state index in [2.05, 4.69) is 5.32 Å².